The molecule has 23 heteroatoms. The van der Waals surface area contributed by atoms with Crippen molar-refractivity contribution in [2.45, 2.75) is 144 Å². The van der Waals surface area contributed by atoms with Gasteiger partial charge in [0.05, 0.1) is 35.7 Å². The number of nitrogens with one attached hydrogen (secondary N) is 1. The van der Waals surface area contributed by atoms with Gasteiger partial charge in [0, 0.05) is 124 Å². The Morgan fingerprint density at radius 2 is 1.00 bits per heavy atom. The van der Waals surface area contributed by atoms with Crippen LogP contribution in [-0.4, -0.2) is 180 Å². The standard InChI is InChI=1S/C23H34N2O6.C19H28N2O4.C4H7N2O2.2C2H4O2.C2H6.Rh/c1-5-28-21(26)16-29-19-14-20(15-19)30-18-8-6-17(7-9-18)24-10-12-25(13-11-24)22(27)31-23(2,3)4;1-19(2,3)25-18(23)21-10-8-20(9-11-21)14-4-6-16(7-5-14)24-17-12-15(22)13-17;1-2-8-4(7)3-6-5;2*1-2(3)4;1-2;/h6-9,19-20H,5,10-16H2,1-4H3;4-7,15,17,22H,8-13H2,1-3H3;3,5H,2H2,1H3;2*1H3,(H,3,4);1-2H3;/q;;+1;;;;/i;;;;;1D;. The quantitative estimate of drug-likeness (QED) is 0.0418. The zero-order valence-electron chi connectivity index (χ0n) is 46.5. The Bertz CT molecular complexity index is 2040. The number of carbonyl (C=O) groups excluding carboxylic acids is 4. The van der Waals surface area contributed by atoms with Gasteiger partial charge in [-0.05, 0) is 104 Å². The smallest absolute Gasteiger partial charge is 0.418 e. The molecule has 2 amide bonds. The summed E-state index contributed by atoms with van der Waals surface area (Å²) >= 11 is 0. The number of aliphatic carboxylic acids is 2. The monoisotopic (exact) mass is 1150 g/mol. The Labute approximate surface area is 456 Å². The molecule has 0 spiro atoms. The van der Waals surface area contributed by atoms with Crippen molar-refractivity contribution in [3.8, 4) is 11.5 Å². The number of ether oxygens (including phenoxy) is 7. The van der Waals surface area contributed by atoms with Gasteiger partial charge in [0.1, 0.15) is 41.5 Å². The second kappa shape index (κ2) is 36.1. The van der Waals surface area contributed by atoms with E-state index in [1.54, 1.807) is 30.6 Å². The van der Waals surface area contributed by atoms with Crippen molar-refractivity contribution in [1.82, 2.24) is 9.80 Å². The number of benzene rings is 2. The van der Waals surface area contributed by atoms with Crippen LogP contribution in [0.1, 0.15) is 110 Å². The molecule has 2 saturated heterocycles. The molecule has 2 aromatic carbocycles. The average molecular weight is 1150 g/mol. The van der Waals surface area contributed by atoms with Crippen LogP contribution in [-0.2, 0) is 62.3 Å². The normalized spacial score (nSPS) is 18.4. The van der Waals surface area contributed by atoms with Crippen molar-refractivity contribution >= 4 is 53.7 Å². The maximum Gasteiger partial charge on any atom is 0.418 e. The molecule has 0 unspecified atom stereocenters. The summed E-state index contributed by atoms with van der Waals surface area (Å²) in [4.78, 5) is 74.5. The SMILES string of the molecule is CC(=O)O.CC(=O)O.CC(C)(C)OC(=O)N1CCN(c2ccc(OC3CC(O)C3)cc2)CC1.CCOC(=O)C=[N+]=N.CCOC(=O)COC1CC(Oc2ccc(N3CCN(C(=O)OC(C)(C)C)CC3)cc2)C1.[2H]CC.[Rh]. The summed E-state index contributed by atoms with van der Waals surface area (Å²) in [6, 6.07) is 16.1. The number of carboxylic acids is 2. The van der Waals surface area contributed by atoms with Crippen molar-refractivity contribution in [2.75, 3.05) is 82.0 Å². The molecule has 2 aliphatic carbocycles. The zero-order chi connectivity index (χ0) is 56.7. The summed E-state index contributed by atoms with van der Waals surface area (Å²) in [5, 5.41) is 24.1. The summed E-state index contributed by atoms with van der Waals surface area (Å²) in [6.07, 6.45) is 3.39. The van der Waals surface area contributed by atoms with Gasteiger partial charge in [-0.2, -0.15) is 0 Å². The zero-order valence-corrected chi connectivity index (χ0v) is 47.2. The van der Waals surface area contributed by atoms with Crippen LogP contribution in [0.25, 0.3) is 0 Å². The van der Waals surface area contributed by atoms with Crippen LogP contribution in [0.15, 0.2) is 48.5 Å². The number of hydrogen-bond donors (Lipinski definition) is 4. The van der Waals surface area contributed by atoms with E-state index in [1.165, 1.54) is 0 Å². The number of rotatable bonds is 12. The maximum absolute atomic E-state index is 12.2. The maximum atomic E-state index is 12.2. The van der Waals surface area contributed by atoms with Crippen LogP contribution in [0.3, 0.4) is 0 Å². The van der Waals surface area contributed by atoms with Gasteiger partial charge in [0.15, 0.2) is 0 Å². The first-order valence-electron chi connectivity index (χ1n) is 25.4. The predicted molar refractivity (Wildman–Crippen MR) is 276 cm³/mol. The molecule has 4 aliphatic rings. The minimum absolute atomic E-state index is 0. The number of amides is 2. The van der Waals surface area contributed by atoms with Crippen LogP contribution in [0.2, 0.25) is 0 Å². The fourth-order valence-corrected chi connectivity index (χ4v) is 6.81. The van der Waals surface area contributed by atoms with Crippen LogP contribution in [0.4, 0.5) is 21.0 Å². The second-order valence-corrected chi connectivity index (χ2v) is 18.8. The van der Waals surface area contributed by atoms with Gasteiger partial charge in [-0.25, -0.2) is 19.2 Å². The number of hydrogen-bond acceptors (Lipinski definition) is 17. The van der Waals surface area contributed by atoms with E-state index in [0.717, 1.165) is 82.0 Å². The van der Waals surface area contributed by atoms with E-state index < -0.39 is 29.1 Å². The number of piperazine rings is 2. The molecular formula is C52H83N6O16Rh+. The molecule has 2 aliphatic heterocycles. The van der Waals surface area contributed by atoms with Crippen molar-refractivity contribution < 1.29 is 103 Å². The number of carboxylic acid groups (broad SMARTS) is 2. The van der Waals surface area contributed by atoms with Gasteiger partial charge in [0.2, 0.25) is 0 Å². The molecule has 0 atom stereocenters. The Morgan fingerprint density at radius 1 is 0.653 bits per heavy atom. The Kier molecular flexibility index (Phi) is 32.2. The first-order chi connectivity index (χ1) is 35.2. The molecule has 0 aromatic heterocycles. The third-order valence-electron chi connectivity index (χ3n) is 10.2. The van der Waals surface area contributed by atoms with Crippen molar-refractivity contribution in [3.05, 3.63) is 48.5 Å². The van der Waals surface area contributed by atoms with E-state index in [0.29, 0.717) is 59.1 Å². The minimum atomic E-state index is -0.833. The summed E-state index contributed by atoms with van der Waals surface area (Å²) in [6.45, 7) is 25.6. The topological polar surface area (TPSA) is 279 Å². The van der Waals surface area contributed by atoms with E-state index in [-0.39, 0.29) is 68.7 Å². The molecule has 22 nitrogen and oxygen atoms in total. The van der Waals surface area contributed by atoms with Gasteiger partial charge < -0.3 is 68.1 Å². The van der Waals surface area contributed by atoms with Crippen LogP contribution < -0.4 is 19.3 Å². The number of esters is 2. The van der Waals surface area contributed by atoms with Gasteiger partial charge in [-0.3, -0.25) is 9.59 Å². The molecule has 2 aromatic rings. The number of carbonyl (C=O) groups is 6. The van der Waals surface area contributed by atoms with E-state index >= 15 is 0 Å². The fraction of sp³-hybridized carbons (Fsp3) is 0.635. The van der Waals surface area contributed by atoms with Crippen LogP contribution in [0, 0.1) is 5.53 Å². The molecule has 6 rings (SSSR count). The number of aliphatic hydroxyl groups excluding tert-OH is 1. The molecule has 4 fully saturated rings. The Morgan fingerprint density at radius 3 is 1.31 bits per heavy atom. The Hall–Kier alpha value is -6.02. The summed E-state index contributed by atoms with van der Waals surface area (Å²) in [5.74, 6) is -0.894. The Balaban J connectivity index is 0.00000111. The second-order valence-electron chi connectivity index (χ2n) is 18.8. The van der Waals surface area contributed by atoms with E-state index in [4.69, 9.17) is 55.1 Å². The largest absolute Gasteiger partial charge is 0.490 e. The summed E-state index contributed by atoms with van der Waals surface area (Å²) in [7, 11) is 0. The van der Waals surface area contributed by atoms with Gasteiger partial charge in [-0.15, -0.1) is 0 Å². The van der Waals surface area contributed by atoms with Crippen molar-refractivity contribution in [1.29, 1.82) is 5.53 Å². The molecule has 75 heavy (non-hydrogen) atoms. The predicted octanol–water partition coefficient (Wildman–Crippen LogP) is 6.94. The van der Waals surface area contributed by atoms with Crippen LogP contribution >= 0.6 is 0 Å². The molecule has 0 bridgehead atoms. The third-order valence-corrected chi connectivity index (χ3v) is 10.2. The first-order valence-corrected chi connectivity index (χ1v) is 24.7. The fourth-order valence-electron chi connectivity index (χ4n) is 6.81. The summed E-state index contributed by atoms with van der Waals surface area (Å²) in [5.41, 5.74) is 7.49. The number of anilines is 2. The molecule has 425 valence electrons. The van der Waals surface area contributed by atoms with Gasteiger partial charge in [0.25, 0.3) is 11.9 Å². The van der Waals surface area contributed by atoms with E-state index in [1.807, 2.05) is 90.1 Å². The van der Waals surface area contributed by atoms with E-state index in [9.17, 15) is 24.3 Å². The van der Waals surface area contributed by atoms with Gasteiger partial charge in [-0.1, -0.05) is 13.8 Å². The van der Waals surface area contributed by atoms with Gasteiger partial charge >= 0.3 is 30.3 Å². The van der Waals surface area contributed by atoms with Crippen molar-refractivity contribution in [2.24, 2.45) is 0 Å². The summed E-state index contributed by atoms with van der Waals surface area (Å²) < 4.78 is 43.6. The molecular weight excluding hydrogens is 1070 g/mol. The molecule has 2 saturated carbocycles. The number of aliphatic hydroxyl groups is 1. The van der Waals surface area contributed by atoms with E-state index in [2.05, 4.69) is 19.3 Å². The minimum Gasteiger partial charge on any atom is -0.490 e. The van der Waals surface area contributed by atoms with Crippen molar-refractivity contribution in [3.63, 3.8) is 0 Å². The van der Waals surface area contributed by atoms with Crippen LogP contribution in [0.5, 0.6) is 11.5 Å². The average Bonchev–Trinajstić information content (AvgIpc) is 3.29. The molecule has 1 radical (unpaired) electrons. The number of nitrogens with zero attached hydrogens (tertiary/aromatic N) is 5. The third kappa shape index (κ3) is 30.8. The molecule has 4 N–H and O–H groups in total. The molecule has 2 heterocycles. The first kappa shape index (κ1) is 67.0.